The van der Waals surface area contributed by atoms with Gasteiger partial charge in [-0.2, -0.15) is 0 Å². The summed E-state index contributed by atoms with van der Waals surface area (Å²) in [5.41, 5.74) is 0.512. The van der Waals surface area contributed by atoms with Gasteiger partial charge in [-0.1, -0.05) is 28.9 Å². The summed E-state index contributed by atoms with van der Waals surface area (Å²) >= 11 is 6.24. The van der Waals surface area contributed by atoms with Gasteiger partial charge < -0.3 is 30.2 Å². The number of halogens is 1. The minimum Gasteiger partial charge on any atom is -0.507 e. The number of allylic oxidation sites excluding steroid dienone is 1. The lowest BCUT2D eigenvalue weighted by atomic mass is 9.97. The van der Waals surface area contributed by atoms with Crippen LogP contribution in [0, 0.1) is 0 Å². The standard InChI is InChI=1S/C21H27ClN2O7/c22-20-15-11-14(24-31-13-18(28)23-8-9-25)7-5-3-1-2-4-6-10-30-21(29)19(15)16(26)12-17(20)27/h2,4,12,25-27H,1,3,5-11,13H2,(H,23,28)/b4-2+,24-14?. The maximum Gasteiger partial charge on any atom is 0.342 e. The molecule has 1 aliphatic heterocycles. The molecule has 31 heavy (non-hydrogen) atoms. The van der Waals surface area contributed by atoms with Crippen LogP contribution >= 0.6 is 11.6 Å². The van der Waals surface area contributed by atoms with Gasteiger partial charge in [0.05, 0.1) is 23.9 Å². The SMILES string of the molecule is O=C(CON=C1CCCC/C=C/CCOC(=O)c2c(O)cc(O)c(Cl)c2C1)NCCO. The summed E-state index contributed by atoms with van der Waals surface area (Å²) in [5.74, 6) is -2.03. The van der Waals surface area contributed by atoms with Crippen LogP contribution in [0.1, 0.15) is 48.0 Å². The topological polar surface area (TPSA) is 138 Å². The van der Waals surface area contributed by atoms with Crippen LogP contribution in [0.4, 0.5) is 0 Å². The number of phenolic OH excluding ortho intramolecular Hbond substituents is 2. The number of hydrogen-bond donors (Lipinski definition) is 4. The van der Waals surface area contributed by atoms with Crippen LogP contribution in [0.5, 0.6) is 11.5 Å². The molecule has 0 bridgehead atoms. The Labute approximate surface area is 185 Å². The maximum absolute atomic E-state index is 12.6. The van der Waals surface area contributed by atoms with Crippen molar-refractivity contribution in [3.63, 3.8) is 0 Å². The summed E-state index contributed by atoms with van der Waals surface area (Å²) in [4.78, 5) is 29.4. The number of esters is 1. The zero-order chi connectivity index (χ0) is 22.6. The summed E-state index contributed by atoms with van der Waals surface area (Å²) in [6, 6.07) is 0.990. The van der Waals surface area contributed by atoms with Gasteiger partial charge >= 0.3 is 5.97 Å². The van der Waals surface area contributed by atoms with Crippen LogP contribution in [0.2, 0.25) is 5.02 Å². The summed E-state index contributed by atoms with van der Waals surface area (Å²) < 4.78 is 5.24. The zero-order valence-corrected chi connectivity index (χ0v) is 17.9. The number of carbonyl (C=O) groups is 2. The van der Waals surface area contributed by atoms with Crippen LogP contribution in [-0.4, -0.2) is 59.3 Å². The molecule has 0 spiro atoms. The fourth-order valence-corrected chi connectivity index (χ4v) is 3.21. The fraction of sp³-hybridized carbons (Fsp3) is 0.476. The summed E-state index contributed by atoms with van der Waals surface area (Å²) in [5, 5.41) is 35.4. The minimum atomic E-state index is -0.761. The molecule has 0 saturated carbocycles. The van der Waals surface area contributed by atoms with Gasteiger partial charge in [-0.15, -0.1) is 0 Å². The number of benzene rings is 1. The van der Waals surface area contributed by atoms with E-state index in [9.17, 15) is 19.8 Å². The summed E-state index contributed by atoms with van der Waals surface area (Å²) in [6.07, 6.45) is 7.50. The second-order valence-corrected chi connectivity index (χ2v) is 7.28. The zero-order valence-electron chi connectivity index (χ0n) is 17.1. The van der Waals surface area contributed by atoms with Crippen LogP contribution < -0.4 is 5.32 Å². The largest absolute Gasteiger partial charge is 0.507 e. The van der Waals surface area contributed by atoms with E-state index in [1.54, 1.807) is 0 Å². The quantitative estimate of drug-likeness (QED) is 0.304. The van der Waals surface area contributed by atoms with E-state index in [2.05, 4.69) is 10.5 Å². The number of cyclic esters (lactones) is 1. The second kappa shape index (κ2) is 12.8. The van der Waals surface area contributed by atoms with Crippen molar-refractivity contribution in [3.8, 4) is 11.5 Å². The first-order valence-corrected chi connectivity index (χ1v) is 10.4. The highest BCUT2D eigenvalue weighted by Crippen LogP contribution is 2.37. The number of fused-ring (bicyclic) bond motifs is 1. The maximum atomic E-state index is 12.6. The van der Waals surface area contributed by atoms with Crippen molar-refractivity contribution in [1.29, 1.82) is 0 Å². The lowest BCUT2D eigenvalue weighted by Gasteiger charge is -2.15. The van der Waals surface area contributed by atoms with Crippen molar-refractivity contribution in [2.24, 2.45) is 5.16 Å². The highest BCUT2D eigenvalue weighted by Gasteiger charge is 2.24. The van der Waals surface area contributed by atoms with Gasteiger partial charge in [0, 0.05) is 19.0 Å². The first-order chi connectivity index (χ1) is 14.9. The molecule has 1 aliphatic rings. The molecule has 1 aromatic carbocycles. The van der Waals surface area contributed by atoms with Gasteiger partial charge in [0.2, 0.25) is 0 Å². The van der Waals surface area contributed by atoms with Crippen LogP contribution in [0.25, 0.3) is 0 Å². The minimum absolute atomic E-state index is 0.0132. The Morgan fingerprint density at radius 1 is 1.23 bits per heavy atom. The van der Waals surface area contributed by atoms with E-state index in [-0.39, 0.29) is 54.7 Å². The van der Waals surface area contributed by atoms with E-state index < -0.39 is 17.6 Å². The molecule has 0 aromatic heterocycles. The number of aliphatic hydroxyl groups is 1. The molecule has 170 valence electrons. The smallest absolute Gasteiger partial charge is 0.342 e. The number of nitrogens with one attached hydrogen (secondary N) is 1. The van der Waals surface area contributed by atoms with Crippen molar-refractivity contribution in [1.82, 2.24) is 5.32 Å². The van der Waals surface area contributed by atoms with Gasteiger partial charge in [-0.25, -0.2) is 4.79 Å². The predicted molar refractivity (Wildman–Crippen MR) is 114 cm³/mol. The number of nitrogens with zero attached hydrogens (tertiary/aromatic N) is 1. The first kappa shape index (κ1) is 24.5. The molecule has 0 atom stereocenters. The van der Waals surface area contributed by atoms with Gasteiger partial charge in [-0.05, 0) is 37.7 Å². The molecule has 1 heterocycles. The number of phenols is 2. The average molecular weight is 455 g/mol. The molecule has 4 N–H and O–H groups in total. The molecule has 2 rings (SSSR count). The fourth-order valence-electron chi connectivity index (χ4n) is 3.00. The lowest BCUT2D eigenvalue weighted by Crippen LogP contribution is -2.29. The van der Waals surface area contributed by atoms with Crippen molar-refractivity contribution >= 4 is 29.2 Å². The first-order valence-electron chi connectivity index (χ1n) is 10.0. The van der Waals surface area contributed by atoms with Gasteiger partial charge in [0.15, 0.2) is 6.61 Å². The number of oxime groups is 1. The van der Waals surface area contributed by atoms with Gasteiger partial charge in [-0.3, -0.25) is 4.79 Å². The molecule has 0 saturated heterocycles. The van der Waals surface area contributed by atoms with E-state index in [1.165, 1.54) is 0 Å². The monoisotopic (exact) mass is 454 g/mol. The van der Waals surface area contributed by atoms with Crippen molar-refractivity contribution in [2.45, 2.75) is 38.5 Å². The Kier molecular flexibility index (Phi) is 10.1. The predicted octanol–water partition coefficient (Wildman–Crippen LogP) is 2.45. The Balaban J connectivity index is 2.31. The molecule has 1 aromatic rings. The molecule has 10 heteroatoms. The van der Waals surface area contributed by atoms with Crippen LogP contribution in [-0.2, 0) is 20.8 Å². The normalized spacial score (nSPS) is 17.9. The summed E-state index contributed by atoms with van der Waals surface area (Å²) in [6.45, 7) is -0.289. The third-order valence-corrected chi connectivity index (χ3v) is 4.92. The number of aliphatic hydroxyl groups excluding tert-OH is 1. The van der Waals surface area contributed by atoms with E-state index in [1.807, 2.05) is 12.2 Å². The average Bonchev–Trinajstić information content (AvgIpc) is 2.73. The molecule has 0 aliphatic carbocycles. The van der Waals surface area contributed by atoms with E-state index in [0.717, 1.165) is 25.3 Å². The highest BCUT2D eigenvalue weighted by molar-refractivity contribution is 6.33. The Morgan fingerprint density at radius 2 is 2.00 bits per heavy atom. The molecule has 1 amide bonds. The Hall–Kier alpha value is -2.78. The van der Waals surface area contributed by atoms with E-state index in [0.29, 0.717) is 18.6 Å². The molecule has 0 radical (unpaired) electrons. The number of aromatic hydroxyl groups is 2. The number of rotatable bonds is 5. The number of carbonyl (C=O) groups excluding carboxylic acids is 2. The second-order valence-electron chi connectivity index (χ2n) is 6.91. The van der Waals surface area contributed by atoms with Gasteiger partial charge in [0.25, 0.3) is 5.91 Å². The molecule has 0 unspecified atom stereocenters. The van der Waals surface area contributed by atoms with Crippen LogP contribution in [0.3, 0.4) is 0 Å². The third kappa shape index (κ3) is 7.76. The lowest BCUT2D eigenvalue weighted by molar-refractivity contribution is -0.125. The van der Waals surface area contributed by atoms with E-state index in [4.69, 9.17) is 26.3 Å². The summed E-state index contributed by atoms with van der Waals surface area (Å²) in [7, 11) is 0. The van der Waals surface area contributed by atoms with Crippen molar-refractivity contribution < 1.29 is 34.5 Å². The Bertz CT molecular complexity index is 840. The van der Waals surface area contributed by atoms with Gasteiger partial charge in [0.1, 0.15) is 17.1 Å². The van der Waals surface area contributed by atoms with Crippen LogP contribution in [0.15, 0.2) is 23.4 Å². The molecular formula is C21H27ClN2O7. The number of ether oxygens (including phenoxy) is 1. The molecule has 9 nitrogen and oxygen atoms in total. The number of hydrogen-bond acceptors (Lipinski definition) is 8. The molecule has 0 fully saturated rings. The Morgan fingerprint density at radius 3 is 2.77 bits per heavy atom. The third-order valence-electron chi connectivity index (χ3n) is 4.50. The van der Waals surface area contributed by atoms with Crippen molar-refractivity contribution in [2.75, 3.05) is 26.4 Å². The molecular weight excluding hydrogens is 428 g/mol. The highest BCUT2D eigenvalue weighted by atomic mass is 35.5. The van der Waals surface area contributed by atoms with E-state index >= 15 is 0 Å². The van der Waals surface area contributed by atoms with Crippen molar-refractivity contribution in [3.05, 3.63) is 34.4 Å². The number of amides is 1.